The quantitative estimate of drug-likeness (QED) is 0.474. The van der Waals surface area contributed by atoms with E-state index < -0.39 is 0 Å². The lowest BCUT2D eigenvalue weighted by Gasteiger charge is -2.41. The molecule has 0 bridgehead atoms. The van der Waals surface area contributed by atoms with Crippen LogP contribution < -0.4 is 5.32 Å². The number of hydrogen-bond donors (Lipinski definition) is 1. The van der Waals surface area contributed by atoms with Crippen LogP contribution in [0, 0.1) is 5.92 Å². The monoisotopic (exact) mass is 373 g/mol. The van der Waals surface area contributed by atoms with E-state index in [4.69, 9.17) is 18.9 Å². The summed E-state index contributed by atoms with van der Waals surface area (Å²) >= 11 is 0. The van der Waals surface area contributed by atoms with Gasteiger partial charge in [-0.25, -0.2) is 0 Å². The number of nitrogens with one attached hydrogen (secondary N) is 1. The molecule has 1 aliphatic rings. The third kappa shape index (κ3) is 7.91. The van der Waals surface area contributed by atoms with Crippen molar-refractivity contribution in [2.45, 2.75) is 77.6 Å². The van der Waals surface area contributed by atoms with Gasteiger partial charge in [0.1, 0.15) is 18.3 Å². The number of rotatable bonds is 14. The molecule has 1 rings (SSSR count). The fourth-order valence-corrected chi connectivity index (χ4v) is 3.00. The van der Waals surface area contributed by atoms with E-state index in [-0.39, 0.29) is 30.1 Å². The van der Waals surface area contributed by atoms with Crippen LogP contribution in [0.15, 0.2) is 0 Å². The summed E-state index contributed by atoms with van der Waals surface area (Å²) < 4.78 is 24.1. The first-order chi connectivity index (χ1) is 12.7. The highest BCUT2D eigenvalue weighted by molar-refractivity contribution is 5.79. The molecule has 0 radical (unpaired) electrons. The minimum atomic E-state index is -0.352. The Morgan fingerprint density at radius 3 is 2.12 bits per heavy atom. The van der Waals surface area contributed by atoms with Gasteiger partial charge in [0.25, 0.3) is 0 Å². The van der Waals surface area contributed by atoms with Crippen molar-refractivity contribution in [1.82, 2.24) is 5.32 Å². The molecule has 154 valence electrons. The molecule has 0 saturated carbocycles. The Bertz CT molecular complexity index is 366. The highest BCUT2D eigenvalue weighted by Gasteiger charge is 2.45. The summed E-state index contributed by atoms with van der Waals surface area (Å²) in [4.78, 5) is 12.3. The Balaban J connectivity index is 2.80. The summed E-state index contributed by atoms with van der Waals surface area (Å²) in [6.45, 7) is 9.21. The van der Waals surface area contributed by atoms with E-state index in [1.165, 1.54) is 0 Å². The van der Waals surface area contributed by atoms with Crippen LogP contribution in [0.3, 0.4) is 0 Å². The minimum absolute atomic E-state index is 0.0547. The van der Waals surface area contributed by atoms with Crippen LogP contribution in [0.25, 0.3) is 0 Å². The predicted octanol–water partition coefficient (Wildman–Crippen LogP) is 2.93. The van der Waals surface area contributed by atoms with Crippen LogP contribution in [0.4, 0.5) is 0 Å². The van der Waals surface area contributed by atoms with Gasteiger partial charge in [0.15, 0.2) is 0 Å². The summed E-state index contributed by atoms with van der Waals surface area (Å²) in [5.41, 5.74) is 0. The van der Waals surface area contributed by atoms with Crippen LogP contribution in [-0.4, -0.2) is 64.3 Å². The molecule has 6 heteroatoms. The van der Waals surface area contributed by atoms with E-state index in [2.05, 4.69) is 26.1 Å². The van der Waals surface area contributed by atoms with Crippen molar-refractivity contribution in [3.05, 3.63) is 0 Å². The lowest BCUT2D eigenvalue weighted by Crippen LogP contribution is -2.57. The highest BCUT2D eigenvalue weighted by Crippen LogP contribution is 2.27. The Labute approximate surface area is 159 Å². The third-order valence-electron chi connectivity index (χ3n) is 4.70. The van der Waals surface area contributed by atoms with Crippen molar-refractivity contribution in [2.24, 2.45) is 5.92 Å². The zero-order valence-corrected chi connectivity index (χ0v) is 17.1. The molecule has 1 heterocycles. The standard InChI is InChI=1S/C20H39NO5/c1-5-8-11-23-15-17-19(25-13-10-7-3)18(24-12-9-6-2)16(14-26-17)20(22)21-4/h16-19H,5-15H2,1-4H3,(H,21,22)/t16-,17-,18-,19+/m1/s1. The largest absolute Gasteiger partial charge is 0.379 e. The summed E-state index contributed by atoms with van der Waals surface area (Å²) in [6, 6.07) is 0. The van der Waals surface area contributed by atoms with Gasteiger partial charge in [0.2, 0.25) is 5.91 Å². The molecule has 1 amide bonds. The summed E-state index contributed by atoms with van der Waals surface area (Å²) in [7, 11) is 1.65. The second-order valence-corrected chi connectivity index (χ2v) is 6.90. The van der Waals surface area contributed by atoms with E-state index in [0.29, 0.717) is 26.4 Å². The molecule has 26 heavy (non-hydrogen) atoms. The van der Waals surface area contributed by atoms with Crippen LogP contribution in [-0.2, 0) is 23.7 Å². The van der Waals surface area contributed by atoms with Crippen molar-refractivity contribution in [2.75, 3.05) is 40.1 Å². The molecule has 6 nitrogen and oxygen atoms in total. The first-order valence-electron chi connectivity index (χ1n) is 10.3. The van der Waals surface area contributed by atoms with E-state index in [1.807, 2.05) is 0 Å². The number of amides is 1. The molecule has 1 fully saturated rings. The van der Waals surface area contributed by atoms with Crippen molar-refractivity contribution < 1.29 is 23.7 Å². The van der Waals surface area contributed by atoms with Crippen LogP contribution in [0.5, 0.6) is 0 Å². The molecule has 0 aromatic rings. The maximum Gasteiger partial charge on any atom is 0.227 e. The van der Waals surface area contributed by atoms with Crippen molar-refractivity contribution in [1.29, 1.82) is 0 Å². The fourth-order valence-electron chi connectivity index (χ4n) is 3.00. The molecular formula is C20H39NO5. The number of ether oxygens (including phenoxy) is 4. The van der Waals surface area contributed by atoms with Crippen molar-refractivity contribution in [3.63, 3.8) is 0 Å². The second-order valence-electron chi connectivity index (χ2n) is 6.90. The number of carbonyl (C=O) groups is 1. The molecular weight excluding hydrogens is 334 g/mol. The van der Waals surface area contributed by atoms with E-state index in [0.717, 1.165) is 45.1 Å². The Kier molecular flexibility index (Phi) is 12.9. The molecule has 0 aliphatic carbocycles. The van der Waals surface area contributed by atoms with E-state index in [9.17, 15) is 4.79 Å². The molecule has 0 aromatic heterocycles. The zero-order valence-electron chi connectivity index (χ0n) is 17.1. The summed E-state index contributed by atoms with van der Waals surface area (Å²) in [5, 5.41) is 2.73. The number of unbranched alkanes of at least 4 members (excludes halogenated alkanes) is 3. The predicted molar refractivity (Wildman–Crippen MR) is 102 cm³/mol. The van der Waals surface area contributed by atoms with Gasteiger partial charge in [-0.3, -0.25) is 4.79 Å². The lowest BCUT2D eigenvalue weighted by molar-refractivity contribution is -0.213. The first-order valence-corrected chi connectivity index (χ1v) is 10.3. The minimum Gasteiger partial charge on any atom is -0.379 e. The molecule has 1 saturated heterocycles. The van der Waals surface area contributed by atoms with Gasteiger partial charge in [0, 0.05) is 26.9 Å². The van der Waals surface area contributed by atoms with Crippen LogP contribution in [0.2, 0.25) is 0 Å². The second kappa shape index (κ2) is 14.4. The molecule has 0 unspecified atom stereocenters. The molecule has 0 spiro atoms. The first kappa shape index (κ1) is 23.3. The van der Waals surface area contributed by atoms with Gasteiger partial charge in [-0.1, -0.05) is 40.0 Å². The summed E-state index contributed by atoms with van der Waals surface area (Å²) in [5.74, 6) is -0.406. The van der Waals surface area contributed by atoms with E-state index >= 15 is 0 Å². The average molecular weight is 374 g/mol. The number of carbonyl (C=O) groups excluding carboxylic acids is 1. The maximum absolute atomic E-state index is 12.3. The zero-order chi connectivity index (χ0) is 19.2. The van der Waals surface area contributed by atoms with Crippen LogP contribution >= 0.6 is 0 Å². The Morgan fingerprint density at radius 1 is 0.962 bits per heavy atom. The van der Waals surface area contributed by atoms with Gasteiger partial charge < -0.3 is 24.3 Å². The van der Waals surface area contributed by atoms with Gasteiger partial charge in [-0.2, -0.15) is 0 Å². The lowest BCUT2D eigenvalue weighted by atomic mass is 9.91. The highest BCUT2D eigenvalue weighted by atomic mass is 16.6. The van der Waals surface area contributed by atoms with Gasteiger partial charge in [-0.15, -0.1) is 0 Å². The molecule has 4 atom stereocenters. The third-order valence-corrected chi connectivity index (χ3v) is 4.70. The topological polar surface area (TPSA) is 66.0 Å². The van der Waals surface area contributed by atoms with Crippen molar-refractivity contribution >= 4 is 5.91 Å². The fraction of sp³-hybridized carbons (Fsp3) is 0.950. The Morgan fingerprint density at radius 2 is 1.54 bits per heavy atom. The van der Waals surface area contributed by atoms with Gasteiger partial charge >= 0.3 is 0 Å². The SMILES string of the molecule is CCCCOC[C@H]1OC[C@@H](C(=O)NC)[C@@H](OCCCC)[C@H]1OCCCC. The number of hydrogen-bond acceptors (Lipinski definition) is 5. The molecule has 0 aromatic carbocycles. The van der Waals surface area contributed by atoms with E-state index in [1.54, 1.807) is 7.05 Å². The molecule has 1 aliphatic heterocycles. The molecule has 1 N–H and O–H groups in total. The van der Waals surface area contributed by atoms with Crippen molar-refractivity contribution in [3.8, 4) is 0 Å². The smallest absolute Gasteiger partial charge is 0.227 e. The normalized spacial score (nSPS) is 26.0. The summed E-state index contributed by atoms with van der Waals surface area (Å²) in [6.07, 6.45) is 5.42. The average Bonchev–Trinajstić information content (AvgIpc) is 2.66. The Hall–Kier alpha value is -0.690. The van der Waals surface area contributed by atoms with Gasteiger partial charge in [-0.05, 0) is 19.3 Å². The van der Waals surface area contributed by atoms with Gasteiger partial charge in [0.05, 0.1) is 19.1 Å². The maximum atomic E-state index is 12.3. The van der Waals surface area contributed by atoms with Crippen LogP contribution in [0.1, 0.15) is 59.3 Å².